The summed E-state index contributed by atoms with van der Waals surface area (Å²) in [7, 11) is 0. The van der Waals surface area contributed by atoms with E-state index in [1.165, 1.54) is 14.7 Å². The third-order valence-electron chi connectivity index (χ3n) is 2.88. The number of hydrogen-bond donors (Lipinski definition) is 0. The summed E-state index contributed by atoms with van der Waals surface area (Å²) in [5.74, 6) is 1.07. The molecule has 2 aromatic rings. The molecule has 1 aromatic heterocycles. The maximum atomic E-state index is 4.46. The zero-order valence-corrected chi connectivity index (χ0v) is 10.9. The molecule has 3 rings (SSSR count). The van der Waals surface area contributed by atoms with Crippen LogP contribution in [-0.2, 0) is 13.1 Å². The van der Waals surface area contributed by atoms with Crippen LogP contribution in [0, 0.1) is 3.57 Å². The predicted molar refractivity (Wildman–Crippen MR) is 73.3 cm³/mol. The smallest absolute Gasteiger partial charge is 0.129 e. The maximum Gasteiger partial charge on any atom is 0.129 e. The Morgan fingerprint density at radius 1 is 1.00 bits per heavy atom. The molecule has 0 bridgehead atoms. The van der Waals surface area contributed by atoms with Gasteiger partial charge in [0.15, 0.2) is 0 Å². The van der Waals surface area contributed by atoms with E-state index in [4.69, 9.17) is 0 Å². The second-order valence-electron chi connectivity index (χ2n) is 3.96. The van der Waals surface area contributed by atoms with Crippen molar-refractivity contribution in [1.82, 2.24) is 4.98 Å². The van der Waals surface area contributed by atoms with Crippen LogP contribution in [0.2, 0.25) is 0 Å². The lowest BCUT2D eigenvalue weighted by atomic mass is 10.1. The highest BCUT2D eigenvalue weighted by Crippen LogP contribution is 2.26. The molecule has 0 saturated heterocycles. The molecule has 0 amide bonds. The molecule has 0 fully saturated rings. The fourth-order valence-electron chi connectivity index (χ4n) is 2.05. The summed E-state index contributed by atoms with van der Waals surface area (Å²) >= 11 is 2.28. The molecule has 0 radical (unpaired) electrons. The summed E-state index contributed by atoms with van der Waals surface area (Å²) in [5.41, 5.74) is 2.84. The van der Waals surface area contributed by atoms with E-state index in [1.807, 2.05) is 6.20 Å². The molecule has 16 heavy (non-hydrogen) atoms. The van der Waals surface area contributed by atoms with Crippen LogP contribution in [-0.4, -0.2) is 4.98 Å². The largest absolute Gasteiger partial charge is 0.348 e. The Kier molecular flexibility index (Phi) is 2.55. The Bertz CT molecular complexity index is 483. The van der Waals surface area contributed by atoms with Crippen LogP contribution in [0.25, 0.3) is 0 Å². The molecule has 0 N–H and O–H groups in total. The van der Waals surface area contributed by atoms with Gasteiger partial charge in [0.25, 0.3) is 0 Å². The standard InChI is InChI=1S/C13H11IN2/c14-12-5-6-13(15-7-12)16-8-10-3-1-2-4-11(10)9-16/h1-7H,8-9H2. The van der Waals surface area contributed by atoms with Gasteiger partial charge in [-0.3, -0.25) is 0 Å². The minimum Gasteiger partial charge on any atom is -0.348 e. The highest BCUT2D eigenvalue weighted by Gasteiger charge is 2.18. The summed E-state index contributed by atoms with van der Waals surface area (Å²) in [4.78, 5) is 6.77. The maximum absolute atomic E-state index is 4.46. The average molecular weight is 322 g/mol. The Hall–Kier alpha value is -1.10. The van der Waals surface area contributed by atoms with Crippen molar-refractivity contribution < 1.29 is 0 Å². The lowest BCUT2D eigenvalue weighted by Gasteiger charge is -2.15. The molecule has 3 heteroatoms. The van der Waals surface area contributed by atoms with E-state index in [9.17, 15) is 0 Å². The monoisotopic (exact) mass is 322 g/mol. The fraction of sp³-hybridized carbons (Fsp3) is 0.154. The number of nitrogens with zero attached hydrogens (tertiary/aromatic N) is 2. The van der Waals surface area contributed by atoms with E-state index in [2.05, 4.69) is 68.9 Å². The highest BCUT2D eigenvalue weighted by atomic mass is 127. The van der Waals surface area contributed by atoms with Gasteiger partial charge in [-0.15, -0.1) is 0 Å². The molecule has 2 nitrogen and oxygen atoms in total. The van der Waals surface area contributed by atoms with Crippen molar-refractivity contribution in [3.05, 3.63) is 57.3 Å². The van der Waals surface area contributed by atoms with Crippen molar-refractivity contribution in [3.63, 3.8) is 0 Å². The van der Waals surface area contributed by atoms with Gasteiger partial charge in [-0.05, 0) is 45.9 Å². The number of rotatable bonds is 1. The molecular formula is C13H11IN2. The van der Waals surface area contributed by atoms with E-state index < -0.39 is 0 Å². The van der Waals surface area contributed by atoms with Gasteiger partial charge in [-0.25, -0.2) is 4.98 Å². The van der Waals surface area contributed by atoms with E-state index in [0.29, 0.717) is 0 Å². The minimum absolute atomic E-state index is 0.976. The van der Waals surface area contributed by atoms with Crippen LogP contribution >= 0.6 is 22.6 Å². The number of halogens is 1. The SMILES string of the molecule is Ic1ccc(N2Cc3ccccc3C2)nc1. The van der Waals surface area contributed by atoms with Gasteiger partial charge in [0.1, 0.15) is 5.82 Å². The lowest BCUT2D eigenvalue weighted by molar-refractivity contribution is 0.856. The molecule has 2 heterocycles. The first-order chi connectivity index (χ1) is 7.83. The lowest BCUT2D eigenvalue weighted by Crippen LogP contribution is -2.15. The summed E-state index contributed by atoms with van der Waals surface area (Å²) in [6, 6.07) is 12.8. The normalized spacial score (nSPS) is 13.9. The van der Waals surface area contributed by atoms with Gasteiger partial charge in [-0.1, -0.05) is 24.3 Å². The third kappa shape index (κ3) is 1.80. The summed E-state index contributed by atoms with van der Waals surface area (Å²) in [5, 5.41) is 0. The van der Waals surface area contributed by atoms with Gasteiger partial charge in [-0.2, -0.15) is 0 Å². The van der Waals surface area contributed by atoms with Gasteiger partial charge in [0, 0.05) is 22.9 Å². The van der Waals surface area contributed by atoms with Crippen LogP contribution in [0.15, 0.2) is 42.6 Å². The van der Waals surface area contributed by atoms with Crippen molar-refractivity contribution in [2.24, 2.45) is 0 Å². The Balaban J connectivity index is 1.88. The number of fused-ring (bicyclic) bond motifs is 1. The quantitative estimate of drug-likeness (QED) is 0.750. The topological polar surface area (TPSA) is 16.1 Å². The Labute approximate surface area is 108 Å². The molecule has 0 spiro atoms. The second kappa shape index (κ2) is 4.05. The van der Waals surface area contributed by atoms with Crippen molar-refractivity contribution in [2.45, 2.75) is 13.1 Å². The Morgan fingerprint density at radius 2 is 1.69 bits per heavy atom. The number of anilines is 1. The van der Waals surface area contributed by atoms with Crippen molar-refractivity contribution in [1.29, 1.82) is 0 Å². The molecule has 1 aliphatic heterocycles. The van der Waals surface area contributed by atoms with Crippen LogP contribution in [0.3, 0.4) is 0 Å². The number of aromatic nitrogens is 1. The van der Waals surface area contributed by atoms with Gasteiger partial charge in [0.05, 0.1) is 0 Å². The molecule has 0 unspecified atom stereocenters. The zero-order valence-electron chi connectivity index (χ0n) is 8.73. The molecule has 0 saturated carbocycles. The highest BCUT2D eigenvalue weighted by molar-refractivity contribution is 14.1. The van der Waals surface area contributed by atoms with E-state index in [0.717, 1.165) is 18.9 Å². The van der Waals surface area contributed by atoms with Crippen LogP contribution in [0.4, 0.5) is 5.82 Å². The molecule has 80 valence electrons. The Morgan fingerprint density at radius 3 is 2.25 bits per heavy atom. The van der Waals surface area contributed by atoms with Gasteiger partial charge in [0.2, 0.25) is 0 Å². The second-order valence-corrected chi connectivity index (χ2v) is 5.21. The molecular weight excluding hydrogens is 311 g/mol. The van der Waals surface area contributed by atoms with E-state index in [-0.39, 0.29) is 0 Å². The fourth-order valence-corrected chi connectivity index (χ4v) is 2.37. The van der Waals surface area contributed by atoms with Crippen molar-refractivity contribution >= 4 is 28.4 Å². The minimum atomic E-state index is 0.976. The molecule has 0 atom stereocenters. The first kappa shape index (κ1) is 10.1. The van der Waals surface area contributed by atoms with Crippen LogP contribution < -0.4 is 4.90 Å². The summed E-state index contributed by atoms with van der Waals surface area (Å²) in [6.07, 6.45) is 1.92. The molecule has 0 aliphatic carbocycles. The number of pyridine rings is 1. The summed E-state index contributed by atoms with van der Waals surface area (Å²) in [6.45, 7) is 1.95. The van der Waals surface area contributed by atoms with E-state index >= 15 is 0 Å². The number of benzene rings is 1. The van der Waals surface area contributed by atoms with Crippen molar-refractivity contribution in [3.8, 4) is 0 Å². The van der Waals surface area contributed by atoms with Crippen LogP contribution in [0.5, 0.6) is 0 Å². The first-order valence-corrected chi connectivity index (χ1v) is 6.34. The van der Waals surface area contributed by atoms with Gasteiger partial charge < -0.3 is 4.90 Å². The van der Waals surface area contributed by atoms with Crippen molar-refractivity contribution in [2.75, 3.05) is 4.90 Å². The number of hydrogen-bond acceptors (Lipinski definition) is 2. The first-order valence-electron chi connectivity index (χ1n) is 5.26. The van der Waals surface area contributed by atoms with Gasteiger partial charge >= 0.3 is 0 Å². The average Bonchev–Trinajstić information content (AvgIpc) is 2.73. The predicted octanol–water partition coefficient (Wildman–Crippen LogP) is 3.21. The van der Waals surface area contributed by atoms with Crippen LogP contribution in [0.1, 0.15) is 11.1 Å². The summed E-state index contributed by atoms with van der Waals surface area (Å²) < 4.78 is 1.18. The molecule has 1 aromatic carbocycles. The molecule has 1 aliphatic rings. The van der Waals surface area contributed by atoms with E-state index in [1.54, 1.807) is 0 Å². The third-order valence-corrected chi connectivity index (χ3v) is 3.51. The zero-order chi connectivity index (χ0) is 11.0.